The number of benzene rings is 1. The van der Waals surface area contributed by atoms with Crippen LogP contribution >= 0.6 is 0 Å². The Kier molecular flexibility index (Phi) is 3.78. The highest BCUT2D eigenvalue weighted by Crippen LogP contribution is 2.36. The Labute approximate surface area is 116 Å². The van der Waals surface area contributed by atoms with Gasteiger partial charge in [0.15, 0.2) is 0 Å². The second-order valence-corrected chi connectivity index (χ2v) is 6.27. The maximum atomic E-state index is 6.09. The average Bonchev–Trinajstić information content (AvgIpc) is 2.58. The minimum Gasteiger partial charge on any atom is -0.399 e. The predicted molar refractivity (Wildman–Crippen MR) is 79.4 cm³/mol. The summed E-state index contributed by atoms with van der Waals surface area (Å²) in [7, 11) is -0.311. The second kappa shape index (κ2) is 4.93. The summed E-state index contributed by atoms with van der Waals surface area (Å²) in [4.78, 5) is 0. The molecule has 1 aliphatic heterocycles. The molecular weight excluding hydrogens is 237 g/mol. The zero-order valence-electron chi connectivity index (χ0n) is 12.6. The molecule has 1 heterocycles. The van der Waals surface area contributed by atoms with Gasteiger partial charge in [-0.15, -0.1) is 0 Å². The lowest BCUT2D eigenvalue weighted by atomic mass is 9.78. The third-order valence-electron chi connectivity index (χ3n) is 4.30. The van der Waals surface area contributed by atoms with Gasteiger partial charge in [-0.25, -0.2) is 0 Å². The minimum absolute atomic E-state index is 0.0716. The van der Waals surface area contributed by atoms with E-state index in [1.165, 1.54) is 0 Å². The highest BCUT2D eigenvalue weighted by molar-refractivity contribution is 6.62. The van der Waals surface area contributed by atoms with Crippen LogP contribution in [0.5, 0.6) is 0 Å². The first-order chi connectivity index (χ1) is 8.77. The molecule has 1 aliphatic rings. The molecule has 1 saturated heterocycles. The van der Waals surface area contributed by atoms with Gasteiger partial charge in [-0.05, 0) is 45.1 Å². The Morgan fingerprint density at radius 3 is 2.26 bits per heavy atom. The monoisotopic (exact) mass is 261 g/mol. The van der Waals surface area contributed by atoms with E-state index < -0.39 is 0 Å². The van der Waals surface area contributed by atoms with Crippen molar-refractivity contribution in [2.24, 2.45) is 5.73 Å². The third kappa shape index (κ3) is 2.71. The summed E-state index contributed by atoms with van der Waals surface area (Å²) >= 11 is 0. The Morgan fingerprint density at radius 2 is 1.74 bits per heavy atom. The van der Waals surface area contributed by atoms with Crippen LogP contribution in [0, 0.1) is 0 Å². The summed E-state index contributed by atoms with van der Waals surface area (Å²) in [5.41, 5.74) is 7.65. The molecule has 1 fully saturated rings. The molecular formula is C15H24BNO2. The van der Waals surface area contributed by atoms with Gasteiger partial charge < -0.3 is 15.0 Å². The summed E-state index contributed by atoms with van der Waals surface area (Å²) in [6.45, 7) is 10.3. The first-order valence-corrected chi connectivity index (χ1v) is 6.98. The lowest BCUT2D eigenvalue weighted by Gasteiger charge is -2.32. The maximum Gasteiger partial charge on any atom is 0.494 e. The van der Waals surface area contributed by atoms with Crippen LogP contribution in [-0.4, -0.2) is 18.3 Å². The fraction of sp³-hybridized carbons (Fsp3) is 0.600. The normalized spacial score (nSPS) is 22.5. The van der Waals surface area contributed by atoms with Gasteiger partial charge in [0.1, 0.15) is 0 Å². The molecule has 0 aromatic heterocycles. The van der Waals surface area contributed by atoms with Gasteiger partial charge in [0, 0.05) is 6.04 Å². The maximum absolute atomic E-state index is 6.09. The Morgan fingerprint density at radius 1 is 1.16 bits per heavy atom. The van der Waals surface area contributed by atoms with E-state index in [-0.39, 0.29) is 24.4 Å². The van der Waals surface area contributed by atoms with Crippen molar-refractivity contribution in [1.82, 2.24) is 0 Å². The van der Waals surface area contributed by atoms with E-state index in [1.807, 2.05) is 12.1 Å². The number of nitrogens with two attached hydrogens (primary N) is 1. The Bertz CT molecular complexity index is 443. The molecule has 2 N–H and O–H groups in total. The van der Waals surface area contributed by atoms with Crippen molar-refractivity contribution in [2.75, 3.05) is 0 Å². The molecule has 4 heteroatoms. The second-order valence-electron chi connectivity index (χ2n) is 6.27. The van der Waals surface area contributed by atoms with E-state index in [2.05, 4.69) is 46.8 Å². The lowest BCUT2D eigenvalue weighted by molar-refractivity contribution is 0.00578. The quantitative estimate of drug-likeness (QED) is 0.850. The standard InChI is InChI=1S/C15H24BNO2/c1-6-13(17)11-8-7-9-12(10-11)16-18-14(2,3)15(4,5)19-16/h7-10,13H,6,17H2,1-5H3/t13-/m1/s1. The van der Waals surface area contributed by atoms with Crippen LogP contribution < -0.4 is 11.2 Å². The zero-order chi connectivity index (χ0) is 14.3. The molecule has 0 unspecified atom stereocenters. The van der Waals surface area contributed by atoms with Crippen molar-refractivity contribution in [3.05, 3.63) is 29.8 Å². The van der Waals surface area contributed by atoms with E-state index in [0.29, 0.717) is 0 Å². The van der Waals surface area contributed by atoms with Gasteiger partial charge in [-0.1, -0.05) is 31.2 Å². The first-order valence-electron chi connectivity index (χ1n) is 6.98. The zero-order valence-corrected chi connectivity index (χ0v) is 12.6. The molecule has 0 spiro atoms. The van der Waals surface area contributed by atoms with Crippen LogP contribution in [0.1, 0.15) is 52.6 Å². The molecule has 1 atom stereocenters. The fourth-order valence-electron chi connectivity index (χ4n) is 2.15. The molecule has 1 aromatic rings. The molecule has 104 valence electrons. The van der Waals surface area contributed by atoms with Gasteiger partial charge in [-0.2, -0.15) is 0 Å². The van der Waals surface area contributed by atoms with E-state index in [0.717, 1.165) is 17.4 Å². The fourth-order valence-corrected chi connectivity index (χ4v) is 2.15. The van der Waals surface area contributed by atoms with E-state index >= 15 is 0 Å². The van der Waals surface area contributed by atoms with Crippen LogP contribution in [0.2, 0.25) is 0 Å². The first kappa shape index (κ1) is 14.6. The third-order valence-corrected chi connectivity index (χ3v) is 4.30. The average molecular weight is 261 g/mol. The summed E-state index contributed by atoms with van der Waals surface area (Å²) in [5.74, 6) is 0. The summed E-state index contributed by atoms with van der Waals surface area (Å²) in [5, 5.41) is 0. The van der Waals surface area contributed by atoms with E-state index in [4.69, 9.17) is 15.0 Å². The number of hydrogen-bond acceptors (Lipinski definition) is 3. The number of rotatable bonds is 3. The molecule has 2 rings (SSSR count). The van der Waals surface area contributed by atoms with Crippen molar-refractivity contribution < 1.29 is 9.31 Å². The van der Waals surface area contributed by atoms with Crippen LogP contribution in [0.25, 0.3) is 0 Å². The van der Waals surface area contributed by atoms with Crippen LogP contribution in [0.3, 0.4) is 0 Å². The van der Waals surface area contributed by atoms with Crippen LogP contribution in [0.4, 0.5) is 0 Å². The molecule has 3 nitrogen and oxygen atoms in total. The van der Waals surface area contributed by atoms with Crippen LogP contribution in [-0.2, 0) is 9.31 Å². The molecule has 1 aromatic carbocycles. The largest absolute Gasteiger partial charge is 0.494 e. The molecule has 0 radical (unpaired) electrons. The van der Waals surface area contributed by atoms with Gasteiger partial charge in [0.25, 0.3) is 0 Å². The SMILES string of the molecule is CC[C@@H](N)c1cccc(B2OC(C)(C)C(C)(C)O2)c1. The Balaban J connectivity index is 2.25. The smallest absolute Gasteiger partial charge is 0.399 e. The summed E-state index contributed by atoms with van der Waals surface area (Å²) in [6, 6.07) is 8.28. The molecule has 0 bridgehead atoms. The summed E-state index contributed by atoms with van der Waals surface area (Å²) in [6.07, 6.45) is 0.923. The van der Waals surface area contributed by atoms with Crippen molar-refractivity contribution in [1.29, 1.82) is 0 Å². The van der Waals surface area contributed by atoms with Crippen molar-refractivity contribution in [2.45, 2.75) is 58.3 Å². The molecule has 0 aliphatic carbocycles. The van der Waals surface area contributed by atoms with E-state index in [9.17, 15) is 0 Å². The topological polar surface area (TPSA) is 44.5 Å². The predicted octanol–water partition coefficient (Wildman–Crippen LogP) is 2.40. The van der Waals surface area contributed by atoms with Gasteiger partial charge in [0.2, 0.25) is 0 Å². The van der Waals surface area contributed by atoms with Crippen molar-refractivity contribution in [3.8, 4) is 0 Å². The highest BCUT2D eigenvalue weighted by atomic mass is 16.7. The lowest BCUT2D eigenvalue weighted by Crippen LogP contribution is -2.41. The minimum atomic E-state index is -0.311. The van der Waals surface area contributed by atoms with Crippen LogP contribution in [0.15, 0.2) is 24.3 Å². The molecule has 0 amide bonds. The van der Waals surface area contributed by atoms with Gasteiger partial charge >= 0.3 is 7.12 Å². The summed E-state index contributed by atoms with van der Waals surface area (Å²) < 4.78 is 12.1. The Hall–Kier alpha value is -0.835. The van der Waals surface area contributed by atoms with E-state index in [1.54, 1.807) is 0 Å². The highest BCUT2D eigenvalue weighted by Gasteiger charge is 2.51. The number of hydrogen-bond donors (Lipinski definition) is 1. The molecule has 19 heavy (non-hydrogen) atoms. The van der Waals surface area contributed by atoms with Gasteiger partial charge in [-0.3, -0.25) is 0 Å². The molecule has 0 saturated carbocycles. The van der Waals surface area contributed by atoms with Crippen molar-refractivity contribution in [3.63, 3.8) is 0 Å². The van der Waals surface area contributed by atoms with Gasteiger partial charge in [0.05, 0.1) is 11.2 Å². The van der Waals surface area contributed by atoms with Crippen molar-refractivity contribution >= 4 is 12.6 Å².